The number of guanidine groups is 1. The Labute approximate surface area is 139 Å². The summed E-state index contributed by atoms with van der Waals surface area (Å²) < 4.78 is 0. The summed E-state index contributed by atoms with van der Waals surface area (Å²) >= 11 is 0. The Bertz CT molecular complexity index is 497. The van der Waals surface area contributed by atoms with Gasteiger partial charge in [-0.2, -0.15) is 0 Å². The van der Waals surface area contributed by atoms with Gasteiger partial charge in [0.1, 0.15) is 5.54 Å². The zero-order chi connectivity index (χ0) is 17.4. The number of likely N-dealkylation sites (N-methyl/N-ethyl adjacent to an activating group) is 1. The molecule has 2 heterocycles. The van der Waals surface area contributed by atoms with Crippen LogP contribution < -0.4 is 0 Å². The molecule has 23 heavy (non-hydrogen) atoms. The van der Waals surface area contributed by atoms with Gasteiger partial charge >= 0.3 is 0 Å². The summed E-state index contributed by atoms with van der Waals surface area (Å²) in [7, 11) is 1.85. The summed E-state index contributed by atoms with van der Waals surface area (Å²) in [5.74, 6) is 1.25. The van der Waals surface area contributed by atoms with Gasteiger partial charge in [0.15, 0.2) is 0 Å². The molecule has 6 nitrogen and oxygen atoms in total. The van der Waals surface area contributed by atoms with Gasteiger partial charge in [-0.05, 0) is 38.0 Å². The van der Waals surface area contributed by atoms with Crippen LogP contribution in [-0.2, 0) is 9.59 Å². The summed E-state index contributed by atoms with van der Waals surface area (Å²) in [5, 5.41) is 8.34. The van der Waals surface area contributed by atoms with Gasteiger partial charge in [-0.1, -0.05) is 13.8 Å². The molecule has 1 atom stereocenters. The molecule has 2 amide bonds. The average molecular weight is 322 g/mol. The predicted molar refractivity (Wildman–Crippen MR) is 90.0 cm³/mol. The molecule has 6 heteroatoms. The average Bonchev–Trinajstić information content (AvgIpc) is 2.63. The number of amides is 2. The van der Waals surface area contributed by atoms with Crippen LogP contribution >= 0.6 is 0 Å². The zero-order valence-electron chi connectivity index (χ0n) is 15.1. The van der Waals surface area contributed by atoms with E-state index in [4.69, 9.17) is 5.41 Å². The Balaban J connectivity index is 2.02. The number of nitrogens with one attached hydrogen (secondary N) is 1. The minimum absolute atomic E-state index is 0.0488. The third-order valence-electron chi connectivity index (χ3n) is 5.33. The molecule has 0 aromatic heterocycles. The van der Waals surface area contributed by atoms with E-state index in [0.29, 0.717) is 24.3 Å². The molecular formula is C17H30N4O2. The van der Waals surface area contributed by atoms with Gasteiger partial charge < -0.3 is 9.80 Å². The minimum Gasteiger partial charge on any atom is -0.343 e. The van der Waals surface area contributed by atoms with E-state index in [1.54, 1.807) is 11.8 Å². The number of hydrogen-bond donors (Lipinski definition) is 1. The Hall–Kier alpha value is -1.59. The van der Waals surface area contributed by atoms with Crippen molar-refractivity contribution in [3.05, 3.63) is 0 Å². The topological polar surface area (TPSA) is 67.7 Å². The fourth-order valence-electron chi connectivity index (χ4n) is 3.82. The van der Waals surface area contributed by atoms with Gasteiger partial charge in [-0.15, -0.1) is 0 Å². The molecule has 0 bridgehead atoms. The van der Waals surface area contributed by atoms with Crippen molar-refractivity contribution in [1.29, 1.82) is 5.41 Å². The number of likely N-dealkylation sites (tertiary alicyclic amines) is 1. The fourth-order valence-corrected chi connectivity index (χ4v) is 3.82. The van der Waals surface area contributed by atoms with Crippen molar-refractivity contribution in [2.45, 2.75) is 52.5 Å². The van der Waals surface area contributed by atoms with Crippen molar-refractivity contribution in [3.8, 4) is 0 Å². The first-order valence-corrected chi connectivity index (χ1v) is 8.56. The standard InChI is InChI=1S/C17H30N4O2/c1-12(2)10-17(4)15(23)21(16(18)19(17)5)11-14-6-8-20(9-7-14)13(3)22/h12,14,18H,6-11H2,1-5H3. The number of carbonyl (C=O) groups is 2. The van der Waals surface area contributed by atoms with Crippen LogP contribution in [0.2, 0.25) is 0 Å². The maximum absolute atomic E-state index is 12.9. The molecule has 0 saturated carbocycles. The van der Waals surface area contributed by atoms with Crippen LogP contribution in [0.5, 0.6) is 0 Å². The molecule has 0 aliphatic carbocycles. The number of piperidine rings is 1. The van der Waals surface area contributed by atoms with Crippen molar-refractivity contribution in [2.75, 3.05) is 26.7 Å². The number of hydrogen-bond acceptors (Lipinski definition) is 3. The third kappa shape index (κ3) is 3.35. The number of carbonyl (C=O) groups excluding carboxylic acids is 2. The lowest BCUT2D eigenvalue weighted by Crippen LogP contribution is -2.46. The van der Waals surface area contributed by atoms with Gasteiger partial charge in [0.25, 0.3) is 5.91 Å². The van der Waals surface area contributed by atoms with E-state index in [1.807, 2.05) is 23.8 Å². The molecular weight excluding hydrogens is 292 g/mol. The molecule has 0 radical (unpaired) electrons. The van der Waals surface area contributed by atoms with Crippen LogP contribution in [0.15, 0.2) is 0 Å². The highest BCUT2D eigenvalue weighted by Gasteiger charge is 2.50. The van der Waals surface area contributed by atoms with Gasteiger partial charge in [-0.25, -0.2) is 0 Å². The first-order valence-electron chi connectivity index (χ1n) is 8.56. The molecule has 1 unspecified atom stereocenters. The van der Waals surface area contributed by atoms with E-state index >= 15 is 0 Å². The van der Waals surface area contributed by atoms with Gasteiger partial charge in [0, 0.05) is 33.6 Å². The largest absolute Gasteiger partial charge is 0.343 e. The molecule has 2 fully saturated rings. The van der Waals surface area contributed by atoms with Crippen molar-refractivity contribution in [3.63, 3.8) is 0 Å². The molecule has 2 saturated heterocycles. The second-order valence-corrected chi connectivity index (χ2v) is 7.62. The highest BCUT2D eigenvalue weighted by molar-refractivity contribution is 6.07. The second kappa shape index (κ2) is 6.49. The smallest absolute Gasteiger partial charge is 0.254 e. The summed E-state index contributed by atoms with van der Waals surface area (Å²) in [6.07, 6.45) is 2.56. The van der Waals surface area contributed by atoms with Crippen LogP contribution in [0, 0.1) is 17.2 Å². The molecule has 0 spiro atoms. The highest BCUT2D eigenvalue weighted by Crippen LogP contribution is 2.33. The summed E-state index contributed by atoms with van der Waals surface area (Å²) in [6.45, 7) is 9.88. The lowest BCUT2D eigenvalue weighted by atomic mass is 9.89. The second-order valence-electron chi connectivity index (χ2n) is 7.62. The monoisotopic (exact) mass is 322 g/mol. The van der Waals surface area contributed by atoms with Crippen molar-refractivity contribution < 1.29 is 9.59 Å². The molecule has 2 aliphatic rings. The van der Waals surface area contributed by atoms with Crippen LogP contribution in [-0.4, -0.2) is 64.7 Å². The lowest BCUT2D eigenvalue weighted by Gasteiger charge is -2.33. The van der Waals surface area contributed by atoms with Gasteiger partial charge in [0.2, 0.25) is 11.9 Å². The van der Waals surface area contributed by atoms with Crippen molar-refractivity contribution >= 4 is 17.8 Å². The van der Waals surface area contributed by atoms with Crippen LogP contribution in [0.25, 0.3) is 0 Å². The first kappa shape index (κ1) is 17.8. The van der Waals surface area contributed by atoms with E-state index < -0.39 is 5.54 Å². The molecule has 130 valence electrons. The first-order chi connectivity index (χ1) is 10.7. The summed E-state index contributed by atoms with van der Waals surface area (Å²) in [4.78, 5) is 29.6. The third-order valence-corrected chi connectivity index (χ3v) is 5.33. The van der Waals surface area contributed by atoms with Gasteiger partial charge in [-0.3, -0.25) is 19.9 Å². The summed E-state index contributed by atoms with van der Waals surface area (Å²) in [5.41, 5.74) is -0.606. The van der Waals surface area contributed by atoms with Crippen LogP contribution in [0.3, 0.4) is 0 Å². The molecule has 2 rings (SSSR count). The Morgan fingerprint density at radius 3 is 2.39 bits per heavy atom. The van der Waals surface area contributed by atoms with Gasteiger partial charge in [0.05, 0.1) is 0 Å². The molecule has 0 aromatic carbocycles. The lowest BCUT2D eigenvalue weighted by molar-refractivity contribution is -0.134. The SMILES string of the molecule is CC(=O)N1CCC(CN2C(=N)N(C)C(C)(CC(C)C)C2=O)CC1. The van der Waals surface area contributed by atoms with Crippen LogP contribution in [0.1, 0.15) is 47.0 Å². The van der Waals surface area contributed by atoms with E-state index in [0.717, 1.165) is 32.4 Å². The highest BCUT2D eigenvalue weighted by atomic mass is 16.2. The Morgan fingerprint density at radius 2 is 1.91 bits per heavy atom. The normalized spacial score (nSPS) is 26.6. The van der Waals surface area contributed by atoms with E-state index in [1.165, 1.54) is 0 Å². The Kier molecular flexibility index (Phi) is 5.01. The Morgan fingerprint density at radius 1 is 1.35 bits per heavy atom. The van der Waals surface area contributed by atoms with Crippen molar-refractivity contribution in [2.24, 2.45) is 11.8 Å². The van der Waals surface area contributed by atoms with Crippen molar-refractivity contribution in [1.82, 2.24) is 14.7 Å². The molecule has 0 aromatic rings. The van der Waals surface area contributed by atoms with E-state index in [2.05, 4.69) is 13.8 Å². The van der Waals surface area contributed by atoms with E-state index in [-0.39, 0.29) is 11.8 Å². The quantitative estimate of drug-likeness (QED) is 0.857. The maximum Gasteiger partial charge on any atom is 0.254 e. The molecule has 1 N–H and O–H groups in total. The number of nitrogens with zero attached hydrogens (tertiary/aromatic N) is 3. The summed E-state index contributed by atoms with van der Waals surface area (Å²) in [6, 6.07) is 0. The minimum atomic E-state index is -0.606. The molecule has 2 aliphatic heterocycles. The zero-order valence-corrected chi connectivity index (χ0v) is 15.1. The predicted octanol–water partition coefficient (Wildman–Crippen LogP) is 1.76. The fraction of sp³-hybridized carbons (Fsp3) is 0.824. The van der Waals surface area contributed by atoms with E-state index in [9.17, 15) is 9.59 Å². The maximum atomic E-state index is 12.9. The van der Waals surface area contributed by atoms with Crippen LogP contribution in [0.4, 0.5) is 0 Å². The number of rotatable bonds is 4.